The van der Waals surface area contributed by atoms with E-state index in [4.69, 9.17) is 0 Å². The minimum Gasteiger partial charge on any atom is -0.267 e. The molecule has 0 aromatic heterocycles. The Kier molecular flexibility index (Phi) is 6.38. The lowest BCUT2D eigenvalue weighted by atomic mass is 9.84. The molecule has 30 heavy (non-hydrogen) atoms. The molecule has 152 valence electrons. The molecule has 3 aromatic carbocycles. The first-order valence-electron chi connectivity index (χ1n) is 10.8. The summed E-state index contributed by atoms with van der Waals surface area (Å²) in [7, 11) is 0. The minimum atomic E-state index is -0.201. The molecule has 1 N–H and O–H groups in total. The maximum Gasteiger partial charge on any atom is 0.271 e. The average Bonchev–Trinajstić information content (AvgIpc) is 2.83. The first kappa shape index (κ1) is 20.1. The van der Waals surface area contributed by atoms with Gasteiger partial charge in [0.25, 0.3) is 5.91 Å². The lowest BCUT2D eigenvalue weighted by molar-refractivity contribution is 0.0955. The molecule has 0 saturated heterocycles. The highest BCUT2D eigenvalue weighted by atomic mass is 16.2. The summed E-state index contributed by atoms with van der Waals surface area (Å²) in [6.07, 6.45) is 6.64. The zero-order valence-corrected chi connectivity index (χ0v) is 17.5. The lowest BCUT2D eigenvalue weighted by Gasteiger charge is -2.22. The quantitative estimate of drug-likeness (QED) is 0.385. The molecule has 3 heteroatoms. The maximum absolute atomic E-state index is 12.5. The minimum absolute atomic E-state index is 0.201. The monoisotopic (exact) mass is 396 g/mol. The standard InChI is InChI=1S/C27H28N2O/c1-20(21-12-14-24(15-13-21)22-8-4-2-5-9-22)28-29-27(30)26-18-16-25(17-19-26)23-10-6-3-7-11-23/h3,6-7,10-19,22H,2,4-5,8-9H2,1H3,(H,29,30)/b28-20+. The van der Waals surface area contributed by atoms with Gasteiger partial charge in [0.1, 0.15) is 0 Å². The highest BCUT2D eigenvalue weighted by molar-refractivity contribution is 6.01. The number of nitrogens with zero attached hydrogens (tertiary/aromatic N) is 1. The molecule has 0 bridgehead atoms. The van der Waals surface area contributed by atoms with Gasteiger partial charge in [-0.05, 0) is 60.1 Å². The molecule has 1 aliphatic rings. The van der Waals surface area contributed by atoms with Crippen molar-refractivity contribution in [1.29, 1.82) is 0 Å². The molecule has 0 aliphatic heterocycles. The van der Waals surface area contributed by atoms with Crippen LogP contribution in [-0.2, 0) is 0 Å². The fourth-order valence-corrected chi connectivity index (χ4v) is 4.14. The van der Waals surface area contributed by atoms with Crippen molar-refractivity contribution in [3.63, 3.8) is 0 Å². The van der Waals surface area contributed by atoms with Gasteiger partial charge in [0.2, 0.25) is 0 Å². The van der Waals surface area contributed by atoms with Crippen LogP contribution in [0.15, 0.2) is 84.0 Å². The Morgan fingerprint density at radius 3 is 2.03 bits per heavy atom. The van der Waals surface area contributed by atoms with Crippen LogP contribution in [0.3, 0.4) is 0 Å². The molecule has 4 rings (SSSR count). The number of nitrogens with one attached hydrogen (secondary N) is 1. The summed E-state index contributed by atoms with van der Waals surface area (Å²) in [5.41, 5.74) is 8.77. The first-order valence-corrected chi connectivity index (χ1v) is 10.8. The van der Waals surface area contributed by atoms with Gasteiger partial charge in [-0.3, -0.25) is 4.79 Å². The molecular formula is C27H28N2O. The number of carbonyl (C=O) groups is 1. The molecule has 3 aromatic rings. The summed E-state index contributed by atoms with van der Waals surface area (Å²) in [4.78, 5) is 12.5. The average molecular weight is 397 g/mol. The number of hydrogen-bond acceptors (Lipinski definition) is 2. The van der Waals surface area contributed by atoms with E-state index in [1.54, 1.807) is 0 Å². The summed E-state index contributed by atoms with van der Waals surface area (Å²) in [6.45, 7) is 1.92. The molecule has 3 nitrogen and oxygen atoms in total. The number of hydrazone groups is 1. The Morgan fingerprint density at radius 2 is 1.37 bits per heavy atom. The van der Waals surface area contributed by atoms with Crippen LogP contribution in [0.5, 0.6) is 0 Å². The van der Waals surface area contributed by atoms with Crippen molar-refractivity contribution >= 4 is 11.6 Å². The van der Waals surface area contributed by atoms with Crippen molar-refractivity contribution in [1.82, 2.24) is 5.43 Å². The van der Waals surface area contributed by atoms with Crippen LogP contribution in [-0.4, -0.2) is 11.6 Å². The largest absolute Gasteiger partial charge is 0.271 e. The highest BCUT2D eigenvalue weighted by Gasteiger charge is 2.15. The van der Waals surface area contributed by atoms with Gasteiger partial charge in [0.15, 0.2) is 0 Å². The van der Waals surface area contributed by atoms with Crippen LogP contribution in [0.2, 0.25) is 0 Å². The molecule has 1 aliphatic carbocycles. The van der Waals surface area contributed by atoms with Crippen LogP contribution in [0.1, 0.15) is 66.4 Å². The number of amides is 1. The van der Waals surface area contributed by atoms with Gasteiger partial charge in [-0.25, -0.2) is 5.43 Å². The maximum atomic E-state index is 12.5. The van der Waals surface area contributed by atoms with E-state index in [1.807, 2.05) is 49.4 Å². The van der Waals surface area contributed by atoms with Crippen LogP contribution in [0.25, 0.3) is 11.1 Å². The number of carbonyl (C=O) groups excluding carboxylic acids is 1. The van der Waals surface area contributed by atoms with E-state index in [1.165, 1.54) is 37.7 Å². The van der Waals surface area contributed by atoms with Crippen LogP contribution >= 0.6 is 0 Å². The molecule has 0 unspecified atom stereocenters. The number of benzene rings is 3. The predicted octanol–water partition coefficient (Wildman–Crippen LogP) is 6.56. The SMILES string of the molecule is C/C(=N\NC(=O)c1ccc(-c2ccccc2)cc1)c1ccc(C2CCCCC2)cc1. The third-order valence-corrected chi connectivity index (χ3v) is 5.98. The summed E-state index contributed by atoms with van der Waals surface area (Å²) >= 11 is 0. The Balaban J connectivity index is 1.38. The van der Waals surface area contributed by atoms with Crippen molar-refractivity contribution < 1.29 is 4.79 Å². The van der Waals surface area contributed by atoms with Crippen LogP contribution < -0.4 is 5.43 Å². The molecule has 1 saturated carbocycles. The Labute approximate surface area is 178 Å². The van der Waals surface area contributed by atoms with E-state index >= 15 is 0 Å². The Morgan fingerprint density at radius 1 is 0.767 bits per heavy atom. The molecule has 0 heterocycles. The van der Waals surface area contributed by atoms with Crippen LogP contribution in [0, 0.1) is 0 Å². The summed E-state index contributed by atoms with van der Waals surface area (Å²) in [5, 5.41) is 4.31. The summed E-state index contributed by atoms with van der Waals surface area (Å²) in [6, 6.07) is 26.4. The van der Waals surface area contributed by atoms with E-state index in [0.29, 0.717) is 11.5 Å². The van der Waals surface area contributed by atoms with Crippen molar-refractivity contribution in [2.75, 3.05) is 0 Å². The van der Waals surface area contributed by atoms with Gasteiger partial charge in [0.05, 0.1) is 5.71 Å². The number of rotatable bonds is 5. The van der Waals surface area contributed by atoms with E-state index in [2.05, 4.69) is 46.9 Å². The molecule has 0 atom stereocenters. The van der Waals surface area contributed by atoms with E-state index in [0.717, 1.165) is 22.4 Å². The molecular weight excluding hydrogens is 368 g/mol. The Hall–Kier alpha value is -3.20. The van der Waals surface area contributed by atoms with E-state index < -0.39 is 0 Å². The zero-order valence-electron chi connectivity index (χ0n) is 17.5. The van der Waals surface area contributed by atoms with Crippen molar-refractivity contribution in [2.24, 2.45) is 5.10 Å². The third-order valence-electron chi connectivity index (χ3n) is 5.98. The van der Waals surface area contributed by atoms with Gasteiger partial charge >= 0.3 is 0 Å². The molecule has 1 fully saturated rings. The van der Waals surface area contributed by atoms with Gasteiger partial charge < -0.3 is 0 Å². The summed E-state index contributed by atoms with van der Waals surface area (Å²) < 4.78 is 0. The normalized spacial score (nSPS) is 15.0. The molecule has 1 amide bonds. The first-order chi connectivity index (χ1) is 14.7. The van der Waals surface area contributed by atoms with Crippen molar-refractivity contribution in [2.45, 2.75) is 44.9 Å². The van der Waals surface area contributed by atoms with Gasteiger partial charge in [0, 0.05) is 5.56 Å². The lowest BCUT2D eigenvalue weighted by Crippen LogP contribution is -2.19. The number of hydrogen-bond donors (Lipinski definition) is 1. The fourth-order valence-electron chi connectivity index (χ4n) is 4.14. The predicted molar refractivity (Wildman–Crippen MR) is 124 cm³/mol. The van der Waals surface area contributed by atoms with Crippen molar-refractivity contribution in [3.05, 3.63) is 95.6 Å². The highest BCUT2D eigenvalue weighted by Crippen LogP contribution is 2.32. The van der Waals surface area contributed by atoms with E-state index in [9.17, 15) is 4.79 Å². The van der Waals surface area contributed by atoms with Gasteiger partial charge in [-0.1, -0.05) is 86.0 Å². The zero-order chi connectivity index (χ0) is 20.8. The second-order valence-electron chi connectivity index (χ2n) is 8.04. The second-order valence-corrected chi connectivity index (χ2v) is 8.04. The smallest absolute Gasteiger partial charge is 0.267 e. The Bertz CT molecular complexity index is 999. The van der Waals surface area contributed by atoms with E-state index in [-0.39, 0.29) is 5.91 Å². The topological polar surface area (TPSA) is 41.5 Å². The fraction of sp³-hybridized carbons (Fsp3) is 0.259. The second kappa shape index (κ2) is 9.53. The molecule has 0 spiro atoms. The van der Waals surface area contributed by atoms with Crippen molar-refractivity contribution in [3.8, 4) is 11.1 Å². The third kappa shape index (κ3) is 4.85. The molecule has 0 radical (unpaired) electrons. The summed E-state index contributed by atoms with van der Waals surface area (Å²) in [5.74, 6) is 0.497. The van der Waals surface area contributed by atoms with Gasteiger partial charge in [-0.2, -0.15) is 5.10 Å². The van der Waals surface area contributed by atoms with Crippen LogP contribution in [0.4, 0.5) is 0 Å². The van der Waals surface area contributed by atoms with Gasteiger partial charge in [-0.15, -0.1) is 0 Å².